The van der Waals surface area contributed by atoms with E-state index in [0.717, 1.165) is 41.4 Å². The van der Waals surface area contributed by atoms with Crippen LogP contribution in [0.3, 0.4) is 0 Å². The molecule has 3 heterocycles. The number of hydrogen-bond acceptors (Lipinski definition) is 4. The third-order valence-electron chi connectivity index (χ3n) is 7.59. The zero-order valence-electron chi connectivity index (χ0n) is 22.5. The standard InChI is InChI=1S/C28H42N4O2/c1-19-10-13-24(31(17-19)25(33)34-26(2,3)4)20-11-12-23-21(14-20)18-32(29-23)22-15-27(5,6)30(9)28(7,8)16-22/h11-14,18-19,22H,10,15-17H2,1-9H3/t19-/m0/s1. The maximum Gasteiger partial charge on any atom is 0.414 e. The van der Waals surface area contributed by atoms with Crippen LogP contribution in [0.1, 0.15) is 86.3 Å². The van der Waals surface area contributed by atoms with Gasteiger partial charge in [0, 0.05) is 29.2 Å². The number of benzene rings is 1. The number of likely N-dealkylation sites (tertiary alicyclic amines) is 1. The van der Waals surface area contributed by atoms with Gasteiger partial charge in [-0.1, -0.05) is 19.1 Å². The lowest BCUT2D eigenvalue weighted by molar-refractivity contribution is -0.0284. The van der Waals surface area contributed by atoms with Crippen molar-refractivity contribution in [3.63, 3.8) is 0 Å². The van der Waals surface area contributed by atoms with Crippen LogP contribution in [0.15, 0.2) is 30.5 Å². The van der Waals surface area contributed by atoms with Crippen molar-refractivity contribution < 1.29 is 9.53 Å². The van der Waals surface area contributed by atoms with Crippen LogP contribution >= 0.6 is 0 Å². The highest BCUT2D eigenvalue weighted by molar-refractivity contribution is 5.87. The maximum atomic E-state index is 13.0. The highest BCUT2D eigenvalue weighted by Gasteiger charge is 2.43. The van der Waals surface area contributed by atoms with Gasteiger partial charge in [-0.05, 0) is 98.4 Å². The first-order valence-electron chi connectivity index (χ1n) is 12.6. The summed E-state index contributed by atoms with van der Waals surface area (Å²) in [6.45, 7) is 17.9. The Morgan fingerprint density at radius 3 is 2.38 bits per heavy atom. The molecule has 0 spiro atoms. The summed E-state index contributed by atoms with van der Waals surface area (Å²) in [6, 6.07) is 6.69. The largest absolute Gasteiger partial charge is 0.443 e. The van der Waals surface area contributed by atoms with Gasteiger partial charge in [-0.3, -0.25) is 14.5 Å². The molecule has 1 aromatic carbocycles. The lowest BCUT2D eigenvalue weighted by atomic mass is 9.77. The van der Waals surface area contributed by atoms with Crippen molar-refractivity contribution in [2.45, 2.75) is 97.4 Å². The average molecular weight is 467 g/mol. The van der Waals surface area contributed by atoms with Crippen molar-refractivity contribution in [2.75, 3.05) is 13.6 Å². The summed E-state index contributed by atoms with van der Waals surface area (Å²) in [6.07, 6.45) is 7.14. The van der Waals surface area contributed by atoms with Crippen LogP contribution < -0.4 is 0 Å². The monoisotopic (exact) mass is 466 g/mol. The average Bonchev–Trinajstić information content (AvgIpc) is 3.13. The van der Waals surface area contributed by atoms with Gasteiger partial charge in [-0.15, -0.1) is 0 Å². The first-order chi connectivity index (χ1) is 15.7. The lowest BCUT2D eigenvalue weighted by Gasteiger charge is -2.53. The van der Waals surface area contributed by atoms with Crippen LogP contribution in [0.2, 0.25) is 0 Å². The Morgan fingerprint density at radius 2 is 1.76 bits per heavy atom. The fourth-order valence-corrected chi connectivity index (χ4v) is 5.57. The van der Waals surface area contributed by atoms with Crippen molar-refractivity contribution in [2.24, 2.45) is 5.92 Å². The Kier molecular flexibility index (Phi) is 6.12. The molecule has 0 radical (unpaired) electrons. The molecule has 2 aliphatic rings. The van der Waals surface area contributed by atoms with Crippen molar-refractivity contribution in [3.8, 4) is 0 Å². The van der Waals surface area contributed by atoms with E-state index in [1.807, 2.05) is 20.8 Å². The lowest BCUT2D eigenvalue weighted by Crippen LogP contribution is -2.58. The zero-order chi connectivity index (χ0) is 25.1. The number of fused-ring (bicyclic) bond motifs is 1. The molecule has 1 aromatic heterocycles. The molecule has 1 fully saturated rings. The van der Waals surface area contributed by atoms with Crippen LogP contribution in [0.4, 0.5) is 4.79 Å². The fourth-order valence-electron chi connectivity index (χ4n) is 5.57. The van der Waals surface area contributed by atoms with Gasteiger partial charge in [0.25, 0.3) is 0 Å². The highest BCUT2D eigenvalue weighted by atomic mass is 16.6. The first-order valence-corrected chi connectivity index (χ1v) is 12.6. The number of carbonyl (C=O) groups is 1. The number of hydrogen-bond donors (Lipinski definition) is 0. The number of aromatic nitrogens is 2. The Morgan fingerprint density at radius 1 is 1.12 bits per heavy atom. The summed E-state index contributed by atoms with van der Waals surface area (Å²) in [5, 5.41) is 6.07. The van der Waals surface area contributed by atoms with E-state index in [2.05, 4.69) is 81.7 Å². The maximum absolute atomic E-state index is 13.0. The molecule has 34 heavy (non-hydrogen) atoms. The van der Waals surface area contributed by atoms with Gasteiger partial charge >= 0.3 is 6.09 Å². The third kappa shape index (κ3) is 4.88. The number of carbonyl (C=O) groups excluding carboxylic acids is 1. The van der Waals surface area contributed by atoms with Gasteiger partial charge in [0.15, 0.2) is 0 Å². The van der Waals surface area contributed by atoms with Gasteiger partial charge < -0.3 is 4.74 Å². The highest BCUT2D eigenvalue weighted by Crippen LogP contribution is 2.42. The number of piperidine rings is 1. The van der Waals surface area contributed by atoms with Crippen LogP contribution in [0.5, 0.6) is 0 Å². The Bertz CT molecular complexity index is 1090. The molecule has 6 heteroatoms. The molecule has 2 aliphatic heterocycles. The minimum atomic E-state index is -0.524. The summed E-state index contributed by atoms with van der Waals surface area (Å²) in [4.78, 5) is 17.3. The number of amides is 1. The van der Waals surface area contributed by atoms with Gasteiger partial charge in [0.1, 0.15) is 5.60 Å². The third-order valence-corrected chi connectivity index (χ3v) is 7.59. The van der Waals surface area contributed by atoms with Gasteiger partial charge in [0.05, 0.1) is 17.3 Å². The Labute approximate surface area is 204 Å². The number of allylic oxidation sites excluding steroid dienone is 1. The Balaban J connectivity index is 1.65. The van der Waals surface area contributed by atoms with Gasteiger partial charge in [-0.2, -0.15) is 5.10 Å². The summed E-state index contributed by atoms with van der Waals surface area (Å²) in [5.74, 6) is 0.402. The molecule has 186 valence electrons. The van der Waals surface area contributed by atoms with Crippen LogP contribution in [-0.4, -0.2) is 55.9 Å². The minimum absolute atomic E-state index is 0.104. The molecule has 1 amide bonds. The molecule has 6 nitrogen and oxygen atoms in total. The molecule has 0 unspecified atom stereocenters. The second-order valence-electron chi connectivity index (χ2n) is 12.6. The normalized spacial score (nSPS) is 23.7. The van der Waals surface area contributed by atoms with E-state index < -0.39 is 5.60 Å². The van der Waals surface area contributed by atoms with E-state index >= 15 is 0 Å². The summed E-state index contributed by atoms with van der Waals surface area (Å²) < 4.78 is 7.90. The smallest absolute Gasteiger partial charge is 0.414 e. The second-order valence-corrected chi connectivity index (χ2v) is 12.6. The summed E-state index contributed by atoms with van der Waals surface area (Å²) in [7, 11) is 2.23. The Hall–Kier alpha value is -2.34. The molecule has 1 atom stereocenters. The second kappa shape index (κ2) is 8.40. The van der Waals surface area contributed by atoms with E-state index in [9.17, 15) is 4.79 Å². The van der Waals surface area contributed by atoms with E-state index in [1.165, 1.54) is 0 Å². The van der Waals surface area contributed by atoms with Crippen molar-refractivity contribution in [3.05, 3.63) is 36.0 Å². The molecular formula is C28H42N4O2. The SMILES string of the molecule is C[C@H]1CC=C(c2ccc3nn(C4CC(C)(C)N(C)C(C)(C)C4)cc3c2)N(C(=O)OC(C)(C)C)C1. The number of nitrogens with zero attached hydrogens (tertiary/aromatic N) is 4. The zero-order valence-corrected chi connectivity index (χ0v) is 22.5. The predicted octanol–water partition coefficient (Wildman–Crippen LogP) is 6.48. The first kappa shape index (κ1) is 24.8. The van der Waals surface area contributed by atoms with E-state index in [-0.39, 0.29) is 17.2 Å². The van der Waals surface area contributed by atoms with E-state index in [4.69, 9.17) is 9.84 Å². The van der Waals surface area contributed by atoms with Crippen LogP contribution in [0.25, 0.3) is 16.6 Å². The molecular weight excluding hydrogens is 424 g/mol. The topological polar surface area (TPSA) is 50.6 Å². The molecule has 0 N–H and O–H groups in total. The van der Waals surface area contributed by atoms with Crippen LogP contribution in [0, 0.1) is 5.92 Å². The number of rotatable bonds is 2. The van der Waals surface area contributed by atoms with Crippen molar-refractivity contribution >= 4 is 22.7 Å². The molecule has 0 aliphatic carbocycles. The van der Waals surface area contributed by atoms with Crippen LogP contribution in [-0.2, 0) is 4.74 Å². The van der Waals surface area contributed by atoms with E-state index in [1.54, 1.807) is 4.90 Å². The van der Waals surface area contributed by atoms with Crippen molar-refractivity contribution in [1.82, 2.24) is 19.6 Å². The quantitative estimate of drug-likeness (QED) is 0.508. The summed E-state index contributed by atoms with van der Waals surface area (Å²) in [5.41, 5.74) is 2.65. The minimum Gasteiger partial charge on any atom is -0.443 e. The molecule has 2 aromatic rings. The fraction of sp³-hybridized carbons (Fsp3) is 0.643. The molecule has 0 bridgehead atoms. The van der Waals surface area contributed by atoms with Crippen molar-refractivity contribution in [1.29, 1.82) is 0 Å². The van der Waals surface area contributed by atoms with Gasteiger partial charge in [-0.25, -0.2) is 4.79 Å². The molecule has 1 saturated heterocycles. The number of ether oxygens (including phenoxy) is 1. The molecule has 4 rings (SSSR count). The predicted molar refractivity (Wildman–Crippen MR) is 139 cm³/mol. The molecule has 0 saturated carbocycles. The van der Waals surface area contributed by atoms with E-state index in [0.29, 0.717) is 18.5 Å². The summed E-state index contributed by atoms with van der Waals surface area (Å²) >= 11 is 0. The van der Waals surface area contributed by atoms with Gasteiger partial charge in [0.2, 0.25) is 0 Å².